The van der Waals surface area contributed by atoms with Crippen molar-refractivity contribution in [1.82, 2.24) is 5.43 Å². The molecule has 0 fully saturated rings. The van der Waals surface area contributed by atoms with E-state index in [2.05, 4.69) is 15.8 Å². The second-order valence-electron chi connectivity index (χ2n) is 6.55. The van der Waals surface area contributed by atoms with E-state index in [4.69, 9.17) is 14.2 Å². The number of nitrogens with zero attached hydrogens (tertiary/aromatic N) is 1. The molecule has 0 aliphatic rings. The molecule has 2 amide bonds. The van der Waals surface area contributed by atoms with Crippen molar-refractivity contribution < 1.29 is 23.8 Å². The number of amides is 2. The van der Waals surface area contributed by atoms with Crippen molar-refractivity contribution in [2.45, 2.75) is 33.3 Å². The summed E-state index contributed by atoms with van der Waals surface area (Å²) in [5.41, 5.74) is 3.63. The topological polar surface area (TPSA) is 98.2 Å². The molecule has 8 nitrogen and oxygen atoms in total. The van der Waals surface area contributed by atoms with Crippen LogP contribution in [0.4, 0.5) is 5.69 Å². The van der Waals surface area contributed by atoms with E-state index in [9.17, 15) is 9.59 Å². The average molecular weight is 413 g/mol. The Morgan fingerprint density at radius 3 is 2.43 bits per heavy atom. The summed E-state index contributed by atoms with van der Waals surface area (Å²) in [6.07, 6.45) is 1.13. The number of hydrazone groups is 1. The molecule has 0 heterocycles. The van der Waals surface area contributed by atoms with E-state index in [1.54, 1.807) is 49.6 Å². The summed E-state index contributed by atoms with van der Waals surface area (Å²) in [7, 11) is 1.55. The van der Waals surface area contributed by atoms with Crippen LogP contribution in [0.2, 0.25) is 0 Å². The van der Waals surface area contributed by atoms with Crippen LogP contribution in [-0.4, -0.2) is 37.8 Å². The minimum atomic E-state index is -0.526. The van der Waals surface area contributed by atoms with Gasteiger partial charge < -0.3 is 19.5 Å². The molecule has 0 unspecified atom stereocenters. The number of anilines is 1. The fourth-order valence-corrected chi connectivity index (χ4v) is 2.49. The summed E-state index contributed by atoms with van der Waals surface area (Å²) < 4.78 is 16.3. The third-order valence-corrected chi connectivity index (χ3v) is 3.72. The number of hydrogen-bond acceptors (Lipinski definition) is 6. The van der Waals surface area contributed by atoms with Crippen LogP contribution in [0.25, 0.3) is 0 Å². The molecule has 0 atom stereocenters. The lowest BCUT2D eigenvalue weighted by Crippen LogP contribution is -2.24. The Morgan fingerprint density at radius 1 is 1.07 bits per heavy atom. The van der Waals surface area contributed by atoms with Crippen molar-refractivity contribution in [3.8, 4) is 17.2 Å². The minimum Gasteiger partial charge on any atom is -0.494 e. The second-order valence-corrected chi connectivity index (χ2v) is 6.55. The number of carbonyl (C=O) groups excluding carboxylic acids is 2. The van der Waals surface area contributed by atoms with Gasteiger partial charge in [-0.15, -0.1) is 0 Å². The molecular weight excluding hydrogens is 386 g/mol. The summed E-state index contributed by atoms with van der Waals surface area (Å²) in [6, 6.07) is 12.2. The lowest BCUT2D eigenvalue weighted by molar-refractivity contribution is -0.126. The molecule has 2 rings (SSSR count). The van der Waals surface area contributed by atoms with Gasteiger partial charge in [-0.05, 0) is 68.8 Å². The smallest absolute Gasteiger partial charge is 0.249 e. The Kier molecular flexibility index (Phi) is 8.68. The number of rotatable bonds is 10. The maximum absolute atomic E-state index is 12.0. The Balaban J connectivity index is 1.84. The maximum atomic E-state index is 12.0. The Bertz CT molecular complexity index is 879. The van der Waals surface area contributed by atoms with Crippen molar-refractivity contribution in [2.75, 3.05) is 19.0 Å². The van der Waals surface area contributed by atoms with Crippen molar-refractivity contribution >= 4 is 23.7 Å². The normalized spacial score (nSPS) is 10.7. The monoisotopic (exact) mass is 413 g/mol. The zero-order chi connectivity index (χ0) is 21.9. The highest BCUT2D eigenvalue weighted by atomic mass is 16.5. The van der Waals surface area contributed by atoms with Crippen molar-refractivity contribution in [2.24, 2.45) is 5.10 Å². The first-order chi connectivity index (χ1) is 14.4. The van der Waals surface area contributed by atoms with Gasteiger partial charge in [0.25, 0.3) is 0 Å². The molecule has 160 valence electrons. The molecule has 0 aliphatic carbocycles. The minimum absolute atomic E-state index is 0.0199. The number of methoxy groups -OCH3 is 1. The SMILES string of the molecule is CCOc1ccc(NC(=O)CC(=O)NN=Cc2ccc(OC(C)C)c(OC)c2)cc1. The van der Waals surface area contributed by atoms with E-state index in [1.165, 1.54) is 6.21 Å². The quantitative estimate of drug-likeness (QED) is 0.354. The van der Waals surface area contributed by atoms with Crippen LogP contribution >= 0.6 is 0 Å². The highest BCUT2D eigenvalue weighted by Crippen LogP contribution is 2.28. The van der Waals surface area contributed by atoms with Gasteiger partial charge in [0.15, 0.2) is 11.5 Å². The summed E-state index contributed by atoms with van der Waals surface area (Å²) in [4.78, 5) is 23.9. The molecule has 0 saturated heterocycles. The Morgan fingerprint density at radius 2 is 1.80 bits per heavy atom. The lowest BCUT2D eigenvalue weighted by Gasteiger charge is -2.13. The second kappa shape index (κ2) is 11.5. The highest BCUT2D eigenvalue weighted by Gasteiger charge is 2.10. The number of nitrogens with one attached hydrogen (secondary N) is 2. The van der Waals surface area contributed by atoms with Gasteiger partial charge in [0, 0.05) is 5.69 Å². The number of benzene rings is 2. The summed E-state index contributed by atoms with van der Waals surface area (Å²) in [6.45, 7) is 6.31. The lowest BCUT2D eigenvalue weighted by atomic mass is 10.2. The third kappa shape index (κ3) is 7.46. The van der Waals surface area contributed by atoms with E-state index in [1.807, 2.05) is 20.8 Å². The Labute approximate surface area is 176 Å². The Hall–Kier alpha value is -3.55. The van der Waals surface area contributed by atoms with E-state index >= 15 is 0 Å². The molecule has 2 N–H and O–H groups in total. The largest absolute Gasteiger partial charge is 0.494 e. The number of ether oxygens (including phenoxy) is 3. The zero-order valence-corrected chi connectivity index (χ0v) is 17.6. The van der Waals surface area contributed by atoms with Gasteiger partial charge >= 0.3 is 0 Å². The molecule has 0 aliphatic heterocycles. The van der Waals surface area contributed by atoms with Gasteiger partial charge in [0.1, 0.15) is 12.2 Å². The van der Waals surface area contributed by atoms with Gasteiger partial charge in [-0.2, -0.15) is 5.10 Å². The summed E-state index contributed by atoms with van der Waals surface area (Å²) in [5.74, 6) is 0.932. The molecule has 30 heavy (non-hydrogen) atoms. The van der Waals surface area contributed by atoms with Crippen molar-refractivity contribution in [1.29, 1.82) is 0 Å². The fourth-order valence-electron chi connectivity index (χ4n) is 2.49. The molecule has 0 saturated carbocycles. The highest BCUT2D eigenvalue weighted by molar-refractivity contribution is 6.03. The standard InChI is InChI=1S/C22H27N3O5/c1-5-29-18-9-7-17(8-10-18)24-21(26)13-22(27)25-23-14-16-6-11-19(30-15(2)3)20(12-16)28-4/h6-12,14-15H,5,13H2,1-4H3,(H,24,26)(H,25,27). The van der Waals surface area contributed by atoms with Crippen molar-refractivity contribution in [3.63, 3.8) is 0 Å². The first-order valence-corrected chi connectivity index (χ1v) is 9.60. The fraction of sp³-hybridized carbons (Fsp3) is 0.318. The van der Waals surface area contributed by atoms with Crippen LogP contribution in [0.3, 0.4) is 0 Å². The zero-order valence-electron chi connectivity index (χ0n) is 17.6. The van der Waals surface area contributed by atoms with Crippen LogP contribution in [0.1, 0.15) is 32.8 Å². The maximum Gasteiger partial charge on any atom is 0.249 e. The molecule has 0 radical (unpaired) electrons. The molecule has 2 aromatic rings. The molecule has 0 spiro atoms. The van der Waals surface area contributed by atoms with Gasteiger partial charge in [0.2, 0.25) is 11.8 Å². The van der Waals surface area contributed by atoms with Crippen LogP contribution in [0.5, 0.6) is 17.2 Å². The van der Waals surface area contributed by atoms with Crippen molar-refractivity contribution in [3.05, 3.63) is 48.0 Å². The van der Waals surface area contributed by atoms with E-state index in [0.29, 0.717) is 35.1 Å². The molecular formula is C22H27N3O5. The summed E-state index contributed by atoms with van der Waals surface area (Å²) >= 11 is 0. The molecule has 0 aromatic heterocycles. The predicted molar refractivity (Wildman–Crippen MR) is 115 cm³/mol. The van der Waals surface area contributed by atoms with Gasteiger partial charge in [-0.25, -0.2) is 5.43 Å². The first-order valence-electron chi connectivity index (χ1n) is 9.60. The molecule has 0 bridgehead atoms. The van der Waals surface area contributed by atoms with Crippen LogP contribution in [0.15, 0.2) is 47.6 Å². The van der Waals surface area contributed by atoms with E-state index in [0.717, 1.165) is 0 Å². The number of carbonyl (C=O) groups is 2. The van der Waals surface area contributed by atoms with E-state index in [-0.39, 0.29) is 12.5 Å². The number of hydrogen-bond donors (Lipinski definition) is 2. The molecule has 2 aromatic carbocycles. The van der Waals surface area contributed by atoms with Gasteiger partial charge in [-0.1, -0.05) is 0 Å². The van der Waals surface area contributed by atoms with E-state index < -0.39 is 11.8 Å². The van der Waals surface area contributed by atoms with Crippen LogP contribution in [-0.2, 0) is 9.59 Å². The first kappa shape index (κ1) is 22.7. The predicted octanol–water partition coefficient (Wildman–Crippen LogP) is 3.36. The summed E-state index contributed by atoms with van der Waals surface area (Å²) in [5, 5.41) is 6.53. The van der Waals surface area contributed by atoms with Gasteiger partial charge in [0.05, 0.1) is 26.0 Å². The van der Waals surface area contributed by atoms with Gasteiger partial charge in [-0.3, -0.25) is 9.59 Å². The molecule has 8 heteroatoms. The van der Waals surface area contributed by atoms with Crippen LogP contribution in [0, 0.1) is 0 Å². The van der Waals surface area contributed by atoms with Crippen LogP contribution < -0.4 is 25.0 Å². The average Bonchev–Trinajstić information content (AvgIpc) is 2.70. The third-order valence-electron chi connectivity index (χ3n) is 3.72.